The molecular weight excluding hydrogens is 344 g/mol. The van der Waals surface area contributed by atoms with Crippen molar-refractivity contribution in [3.8, 4) is 0 Å². The highest BCUT2D eigenvalue weighted by atomic mass is 16.4. The van der Waals surface area contributed by atoms with E-state index < -0.39 is 23.9 Å². The summed E-state index contributed by atoms with van der Waals surface area (Å²) in [6.07, 6.45) is -0.167. The van der Waals surface area contributed by atoms with Crippen molar-refractivity contribution in [3.63, 3.8) is 0 Å². The van der Waals surface area contributed by atoms with E-state index in [1.54, 1.807) is 0 Å². The van der Waals surface area contributed by atoms with Crippen molar-refractivity contribution in [1.82, 2.24) is 0 Å². The zero-order valence-corrected chi connectivity index (χ0v) is 13.5. The highest BCUT2D eigenvalue weighted by molar-refractivity contribution is 5.88. The summed E-state index contributed by atoms with van der Waals surface area (Å²) in [6, 6.07) is 11.5. The molecule has 0 heterocycles. The smallest absolute Gasteiger partial charge is 0.335 e. The van der Waals surface area contributed by atoms with Crippen LogP contribution >= 0.6 is 0 Å². The fourth-order valence-corrected chi connectivity index (χ4v) is 1.88. The summed E-state index contributed by atoms with van der Waals surface area (Å²) < 4.78 is 0. The number of carboxylic acid groups (broad SMARTS) is 4. The van der Waals surface area contributed by atoms with E-state index in [2.05, 4.69) is 0 Å². The molecule has 2 aromatic rings. The van der Waals surface area contributed by atoms with E-state index in [9.17, 15) is 19.2 Å². The second kappa shape index (κ2) is 9.58. The molecule has 4 N–H and O–H groups in total. The number of hydrogen-bond donors (Lipinski definition) is 4. The molecule has 26 heavy (non-hydrogen) atoms. The molecule has 0 saturated carbocycles. The van der Waals surface area contributed by atoms with Gasteiger partial charge in [-0.3, -0.25) is 9.59 Å². The van der Waals surface area contributed by atoms with Gasteiger partial charge in [0.25, 0.3) is 0 Å². The van der Waals surface area contributed by atoms with Crippen LogP contribution in [0.1, 0.15) is 31.8 Å². The number of carboxylic acids is 4. The Morgan fingerprint density at radius 3 is 1.00 bits per heavy atom. The van der Waals surface area contributed by atoms with Crippen LogP contribution in [0.15, 0.2) is 48.5 Å². The lowest BCUT2D eigenvalue weighted by molar-refractivity contribution is -0.137. The van der Waals surface area contributed by atoms with E-state index >= 15 is 0 Å². The van der Waals surface area contributed by atoms with E-state index in [1.165, 1.54) is 48.5 Å². The minimum absolute atomic E-state index is 0.0834. The lowest BCUT2D eigenvalue weighted by atomic mass is 10.1. The quantitative estimate of drug-likeness (QED) is 0.611. The first kappa shape index (κ1) is 20.4. The maximum absolute atomic E-state index is 10.4. The van der Waals surface area contributed by atoms with Crippen molar-refractivity contribution >= 4 is 23.9 Å². The van der Waals surface area contributed by atoms with E-state index in [0.717, 1.165) is 0 Å². The molecule has 0 atom stereocenters. The molecule has 0 amide bonds. The van der Waals surface area contributed by atoms with Crippen molar-refractivity contribution in [3.05, 3.63) is 70.8 Å². The van der Waals surface area contributed by atoms with Crippen LogP contribution in [-0.2, 0) is 22.4 Å². The first-order chi connectivity index (χ1) is 12.2. The van der Waals surface area contributed by atoms with Crippen LogP contribution in [0.3, 0.4) is 0 Å². The molecule has 0 fully saturated rings. The highest BCUT2D eigenvalue weighted by Gasteiger charge is 2.04. The Morgan fingerprint density at radius 2 is 0.808 bits per heavy atom. The first-order valence-electron chi connectivity index (χ1n) is 7.27. The predicted octanol–water partition coefficient (Wildman–Crippen LogP) is 2.02. The van der Waals surface area contributed by atoms with Crippen molar-refractivity contribution in [1.29, 1.82) is 0 Å². The van der Waals surface area contributed by atoms with Crippen LogP contribution in [-0.4, -0.2) is 44.3 Å². The monoisotopic (exact) mass is 360 g/mol. The maximum atomic E-state index is 10.4. The van der Waals surface area contributed by atoms with Gasteiger partial charge in [-0.15, -0.1) is 0 Å². The van der Waals surface area contributed by atoms with Crippen LogP contribution in [0, 0.1) is 0 Å². The van der Waals surface area contributed by atoms with Gasteiger partial charge in [-0.1, -0.05) is 24.3 Å². The third-order valence-electron chi connectivity index (χ3n) is 3.11. The van der Waals surface area contributed by atoms with Gasteiger partial charge in [0.05, 0.1) is 24.0 Å². The van der Waals surface area contributed by atoms with Gasteiger partial charge in [-0.05, 0) is 35.4 Å². The van der Waals surface area contributed by atoms with Crippen molar-refractivity contribution in [2.24, 2.45) is 0 Å². The van der Waals surface area contributed by atoms with E-state index in [4.69, 9.17) is 20.4 Å². The zero-order valence-electron chi connectivity index (χ0n) is 13.5. The number of carbonyl (C=O) groups is 4. The summed E-state index contributed by atoms with van der Waals surface area (Å²) in [6.45, 7) is 0. The van der Waals surface area contributed by atoms with Gasteiger partial charge in [-0.2, -0.15) is 0 Å². The third kappa shape index (κ3) is 7.26. The third-order valence-corrected chi connectivity index (χ3v) is 3.11. The minimum atomic E-state index is -1.01. The summed E-state index contributed by atoms with van der Waals surface area (Å²) in [7, 11) is 0. The molecule has 0 saturated heterocycles. The van der Waals surface area contributed by atoms with Gasteiger partial charge in [0.15, 0.2) is 0 Å². The van der Waals surface area contributed by atoms with Gasteiger partial charge < -0.3 is 20.4 Å². The number of benzene rings is 2. The molecule has 2 aromatic carbocycles. The Kier molecular flexibility index (Phi) is 7.50. The van der Waals surface area contributed by atoms with Gasteiger partial charge in [0.2, 0.25) is 0 Å². The van der Waals surface area contributed by atoms with Gasteiger partial charge >= 0.3 is 23.9 Å². The lowest BCUT2D eigenvalue weighted by Crippen LogP contribution is -2.01. The molecule has 0 aliphatic rings. The Morgan fingerprint density at radius 1 is 0.538 bits per heavy atom. The number of aliphatic carboxylic acids is 2. The van der Waals surface area contributed by atoms with Crippen LogP contribution in [0.25, 0.3) is 0 Å². The molecule has 0 aliphatic heterocycles. The van der Waals surface area contributed by atoms with Crippen molar-refractivity contribution in [2.75, 3.05) is 0 Å². The average molecular weight is 360 g/mol. The standard InChI is InChI=1S/2C9H8O4/c2*10-8(11)5-6-1-3-7(4-2-6)9(12)13/h2*1-4H,5H2,(H,10,11)(H,12,13). The molecule has 0 unspecified atom stereocenters. The maximum Gasteiger partial charge on any atom is 0.335 e. The van der Waals surface area contributed by atoms with Gasteiger partial charge in [0, 0.05) is 0 Å². The lowest BCUT2D eigenvalue weighted by Gasteiger charge is -1.97. The van der Waals surface area contributed by atoms with Crippen molar-refractivity contribution < 1.29 is 39.6 Å². The molecule has 136 valence electrons. The van der Waals surface area contributed by atoms with Crippen LogP contribution in [0.5, 0.6) is 0 Å². The molecule has 0 spiro atoms. The molecule has 2 rings (SSSR count). The fourth-order valence-electron chi connectivity index (χ4n) is 1.88. The number of rotatable bonds is 6. The summed E-state index contributed by atoms with van der Waals surface area (Å²) >= 11 is 0. The van der Waals surface area contributed by atoms with Gasteiger partial charge in [0.1, 0.15) is 0 Å². The number of aromatic carboxylic acids is 2. The largest absolute Gasteiger partial charge is 0.481 e. The Labute approximate surface area is 148 Å². The van der Waals surface area contributed by atoms with Crippen LogP contribution in [0.4, 0.5) is 0 Å². The fraction of sp³-hybridized carbons (Fsp3) is 0.111. The zero-order chi connectivity index (χ0) is 19.7. The Balaban J connectivity index is 0.000000260. The minimum Gasteiger partial charge on any atom is -0.481 e. The highest BCUT2D eigenvalue weighted by Crippen LogP contribution is 2.05. The Bertz CT molecular complexity index is 721. The molecular formula is C18H16O8. The summed E-state index contributed by atoms with van der Waals surface area (Å²) in [5.74, 6) is -3.88. The second-order valence-electron chi connectivity index (χ2n) is 5.15. The van der Waals surface area contributed by atoms with Crippen LogP contribution in [0.2, 0.25) is 0 Å². The second-order valence-corrected chi connectivity index (χ2v) is 5.15. The van der Waals surface area contributed by atoms with Gasteiger partial charge in [-0.25, -0.2) is 9.59 Å². The van der Waals surface area contributed by atoms with E-state index in [-0.39, 0.29) is 24.0 Å². The Hall–Kier alpha value is -3.68. The molecule has 8 heteroatoms. The number of hydrogen-bond acceptors (Lipinski definition) is 4. The molecule has 0 aromatic heterocycles. The normalized spacial score (nSPS) is 9.54. The van der Waals surface area contributed by atoms with Crippen molar-refractivity contribution in [2.45, 2.75) is 12.8 Å². The topological polar surface area (TPSA) is 149 Å². The van der Waals surface area contributed by atoms with E-state index in [1.807, 2.05) is 0 Å². The first-order valence-corrected chi connectivity index (χ1v) is 7.27. The average Bonchev–Trinajstić information content (AvgIpc) is 2.55. The summed E-state index contributed by atoms with van der Waals surface area (Å²) in [5.41, 5.74) is 1.51. The predicted molar refractivity (Wildman–Crippen MR) is 89.5 cm³/mol. The molecule has 8 nitrogen and oxygen atoms in total. The summed E-state index contributed by atoms with van der Waals surface area (Å²) in [4.78, 5) is 41.4. The molecule has 0 bridgehead atoms. The molecule has 0 radical (unpaired) electrons. The summed E-state index contributed by atoms with van der Waals surface area (Å²) in [5, 5.41) is 33.9. The van der Waals surface area contributed by atoms with Crippen LogP contribution < -0.4 is 0 Å². The van der Waals surface area contributed by atoms with E-state index in [0.29, 0.717) is 11.1 Å². The molecule has 0 aliphatic carbocycles. The SMILES string of the molecule is O=C(O)Cc1ccc(C(=O)O)cc1.O=C(O)Cc1ccc(C(=O)O)cc1.